The zero-order valence-electron chi connectivity index (χ0n) is 9.94. The third-order valence-corrected chi connectivity index (χ3v) is 3.03. The summed E-state index contributed by atoms with van der Waals surface area (Å²) in [7, 11) is 0. The fourth-order valence-corrected chi connectivity index (χ4v) is 1.92. The number of carbonyl (C=O) groups excluding carboxylic acids is 2. The van der Waals surface area contributed by atoms with E-state index >= 15 is 0 Å². The Kier molecular flexibility index (Phi) is 2.79. The summed E-state index contributed by atoms with van der Waals surface area (Å²) in [6.07, 6.45) is 0. The summed E-state index contributed by atoms with van der Waals surface area (Å²) >= 11 is 0. The number of aryl methyl sites for hydroxylation is 2. The predicted octanol–water partition coefficient (Wildman–Crippen LogP) is 0.184. The maximum absolute atomic E-state index is 10.9. The van der Waals surface area contributed by atoms with Gasteiger partial charge in [-0.25, -0.2) is 0 Å². The summed E-state index contributed by atoms with van der Waals surface area (Å²) in [5.41, 5.74) is 1.30. The molecule has 0 amide bonds. The van der Waals surface area contributed by atoms with E-state index in [1.165, 1.54) is 12.1 Å². The summed E-state index contributed by atoms with van der Waals surface area (Å²) in [6.45, 7) is 3.81. The average Bonchev–Trinajstić information content (AvgIpc) is 2.28. The Hall–Kier alpha value is -2.36. The van der Waals surface area contributed by atoms with E-state index in [4.69, 9.17) is 0 Å². The Morgan fingerprint density at radius 2 is 1.11 bits per heavy atom. The van der Waals surface area contributed by atoms with Gasteiger partial charge in [0.2, 0.25) is 0 Å². The number of hydrogen-bond acceptors (Lipinski definition) is 4. The smallest absolute Gasteiger partial charge is 0.0722 e. The largest absolute Gasteiger partial charge is 0.545 e. The lowest BCUT2D eigenvalue weighted by molar-refractivity contribution is -0.259. The predicted molar refractivity (Wildman–Crippen MR) is 62.1 cm³/mol. The van der Waals surface area contributed by atoms with Crippen molar-refractivity contribution in [1.29, 1.82) is 0 Å². The second-order valence-corrected chi connectivity index (χ2v) is 4.26. The molecule has 0 fully saturated rings. The normalized spacial score (nSPS) is 10.6. The third kappa shape index (κ3) is 1.93. The van der Waals surface area contributed by atoms with Crippen molar-refractivity contribution in [2.45, 2.75) is 13.8 Å². The molecule has 0 unspecified atom stereocenters. The van der Waals surface area contributed by atoms with E-state index in [0.717, 1.165) is 11.1 Å². The first-order valence-corrected chi connectivity index (χ1v) is 5.38. The van der Waals surface area contributed by atoms with Gasteiger partial charge in [0.05, 0.1) is 11.9 Å². The molecule has 2 aromatic rings. The molecular formula is C14H10O4-2. The lowest BCUT2D eigenvalue weighted by Crippen LogP contribution is -2.30. The Labute approximate surface area is 103 Å². The molecule has 0 heterocycles. The van der Waals surface area contributed by atoms with Crippen LogP contribution in [0.15, 0.2) is 24.3 Å². The first-order chi connectivity index (χ1) is 8.40. The van der Waals surface area contributed by atoms with Crippen LogP contribution in [0.3, 0.4) is 0 Å². The monoisotopic (exact) mass is 242 g/mol. The van der Waals surface area contributed by atoms with Crippen molar-refractivity contribution in [1.82, 2.24) is 0 Å². The highest BCUT2D eigenvalue weighted by Crippen LogP contribution is 2.23. The Bertz CT molecular complexity index is 613. The zero-order chi connectivity index (χ0) is 13.4. The maximum Gasteiger partial charge on any atom is 0.0722 e. The van der Waals surface area contributed by atoms with E-state index in [0.29, 0.717) is 10.8 Å². The van der Waals surface area contributed by atoms with Gasteiger partial charge >= 0.3 is 0 Å². The number of aromatic carboxylic acids is 2. The number of hydrogen-bond donors (Lipinski definition) is 0. The fourth-order valence-electron chi connectivity index (χ4n) is 1.92. The van der Waals surface area contributed by atoms with E-state index in [9.17, 15) is 19.8 Å². The van der Waals surface area contributed by atoms with Crippen LogP contribution in [-0.2, 0) is 0 Å². The van der Waals surface area contributed by atoms with Gasteiger partial charge in [0.25, 0.3) is 0 Å². The minimum atomic E-state index is -1.52. The van der Waals surface area contributed by atoms with Crippen LogP contribution >= 0.6 is 0 Å². The molecule has 2 rings (SSSR count). The number of benzene rings is 2. The van der Waals surface area contributed by atoms with Gasteiger partial charge in [-0.05, 0) is 47.9 Å². The molecule has 0 aliphatic rings. The first-order valence-electron chi connectivity index (χ1n) is 5.38. The summed E-state index contributed by atoms with van der Waals surface area (Å²) in [5.74, 6) is -3.04. The molecule has 4 nitrogen and oxygen atoms in total. The SMILES string of the molecule is Cc1cc2cc(C(=O)[O-])c(C(=O)[O-])cc2cc1C. The lowest BCUT2D eigenvalue weighted by Gasteiger charge is -2.14. The lowest BCUT2D eigenvalue weighted by atomic mass is 9.97. The minimum absolute atomic E-state index is 0.356. The molecule has 0 saturated heterocycles. The number of carboxylic acid groups (broad SMARTS) is 2. The second kappa shape index (κ2) is 4.14. The van der Waals surface area contributed by atoms with Crippen LogP contribution in [-0.4, -0.2) is 11.9 Å². The van der Waals surface area contributed by atoms with Crippen molar-refractivity contribution >= 4 is 22.7 Å². The summed E-state index contributed by atoms with van der Waals surface area (Å²) in [6, 6.07) is 6.25. The van der Waals surface area contributed by atoms with Gasteiger partial charge in [-0.2, -0.15) is 0 Å². The molecule has 0 spiro atoms. The van der Waals surface area contributed by atoms with Crippen LogP contribution < -0.4 is 10.2 Å². The molecule has 0 N–H and O–H groups in total. The van der Waals surface area contributed by atoms with Crippen LogP contribution in [0.1, 0.15) is 31.8 Å². The molecule has 92 valence electrons. The molecule has 0 bridgehead atoms. The zero-order valence-corrected chi connectivity index (χ0v) is 9.94. The topological polar surface area (TPSA) is 80.3 Å². The van der Waals surface area contributed by atoms with Crippen LogP contribution in [0.4, 0.5) is 0 Å². The molecule has 0 saturated carbocycles. The van der Waals surface area contributed by atoms with Gasteiger partial charge in [-0.3, -0.25) is 0 Å². The van der Waals surface area contributed by atoms with Gasteiger partial charge in [0.1, 0.15) is 0 Å². The molecule has 0 aromatic heterocycles. The van der Waals surface area contributed by atoms with E-state index in [2.05, 4.69) is 0 Å². The highest BCUT2D eigenvalue weighted by molar-refractivity contribution is 6.05. The molecule has 2 aromatic carbocycles. The summed E-state index contributed by atoms with van der Waals surface area (Å²) in [5, 5.41) is 23.2. The average molecular weight is 242 g/mol. The van der Waals surface area contributed by atoms with Crippen LogP contribution in [0.2, 0.25) is 0 Å². The van der Waals surface area contributed by atoms with Gasteiger partial charge in [-0.1, -0.05) is 12.1 Å². The van der Waals surface area contributed by atoms with Crippen molar-refractivity contribution < 1.29 is 19.8 Å². The second-order valence-electron chi connectivity index (χ2n) is 4.26. The van der Waals surface area contributed by atoms with Crippen LogP contribution in [0.5, 0.6) is 0 Å². The molecule has 4 heteroatoms. The third-order valence-electron chi connectivity index (χ3n) is 3.03. The maximum atomic E-state index is 10.9. The Balaban J connectivity index is 2.84. The number of carbonyl (C=O) groups is 2. The Morgan fingerprint density at radius 1 is 0.778 bits per heavy atom. The van der Waals surface area contributed by atoms with Gasteiger partial charge in [0, 0.05) is 11.1 Å². The first kappa shape index (κ1) is 12.1. The highest BCUT2D eigenvalue weighted by Gasteiger charge is 2.08. The van der Waals surface area contributed by atoms with Gasteiger partial charge in [-0.15, -0.1) is 0 Å². The molecule has 0 radical (unpaired) electrons. The molecule has 0 aliphatic carbocycles. The number of rotatable bonds is 2. The van der Waals surface area contributed by atoms with Gasteiger partial charge < -0.3 is 19.8 Å². The van der Waals surface area contributed by atoms with Crippen molar-refractivity contribution in [3.05, 3.63) is 46.5 Å². The van der Waals surface area contributed by atoms with E-state index in [1.807, 2.05) is 26.0 Å². The van der Waals surface area contributed by atoms with Crippen molar-refractivity contribution in [3.8, 4) is 0 Å². The van der Waals surface area contributed by atoms with Gasteiger partial charge in [0.15, 0.2) is 0 Å². The van der Waals surface area contributed by atoms with Crippen molar-refractivity contribution in [2.24, 2.45) is 0 Å². The standard InChI is InChI=1S/C14H12O4/c1-7-3-9-5-11(13(15)16)12(14(17)18)6-10(9)4-8(7)2/h3-6H,1-2H3,(H,15,16)(H,17,18)/p-2. The molecular weight excluding hydrogens is 232 g/mol. The number of fused-ring (bicyclic) bond motifs is 1. The van der Waals surface area contributed by atoms with Crippen LogP contribution in [0.25, 0.3) is 10.8 Å². The van der Waals surface area contributed by atoms with Crippen LogP contribution in [0, 0.1) is 13.8 Å². The Morgan fingerprint density at radius 3 is 1.39 bits per heavy atom. The summed E-state index contributed by atoms with van der Waals surface area (Å²) in [4.78, 5) is 21.8. The molecule has 0 aliphatic heterocycles. The summed E-state index contributed by atoms with van der Waals surface area (Å²) < 4.78 is 0. The van der Waals surface area contributed by atoms with Crippen molar-refractivity contribution in [2.75, 3.05) is 0 Å². The van der Waals surface area contributed by atoms with E-state index in [-0.39, 0.29) is 11.1 Å². The van der Waals surface area contributed by atoms with Crippen molar-refractivity contribution in [3.63, 3.8) is 0 Å². The van der Waals surface area contributed by atoms with E-state index < -0.39 is 11.9 Å². The highest BCUT2D eigenvalue weighted by atomic mass is 16.4. The molecule has 18 heavy (non-hydrogen) atoms. The quantitative estimate of drug-likeness (QED) is 0.752. The molecule has 0 atom stereocenters. The van der Waals surface area contributed by atoms with E-state index in [1.54, 1.807) is 0 Å². The fraction of sp³-hybridized carbons (Fsp3) is 0.143. The minimum Gasteiger partial charge on any atom is -0.545 e. The number of carboxylic acids is 2.